The molecule has 1 unspecified atom stereocenters. The molecule has 0 amide bonds. The number of nitrogens with one attached hydrogen (secondary N) is 1. The second kappa shape index (κ2) is 5.80. The highest BCUT2D eigenvalue weighted by Crippen LogP contribution is 2.27. The van der Waals surface area contributed by atoms with E-state index in [9.17, 15) is 8.78 Å². The molecule has 1 atom stereocenters. The fourth-order valence-electron chi connectivity index (χ4n) is 2.04. The van der Waals surface area contributed by atoms with Crippen molar-refractivity contribution in [3.05, 3.63) is 69.2 Å². The normalized spacial score (nSPS) is 12.5. The van der Waals surface area contributed by atoms with Crippen LogP contribution in [-0.2, 0) is 0 Å². The lowest BCUT2D eigenvalue weighted by molar-refractivity contribution is 0.553. The first kappa shape index (κ1) is 14.2. The van der Waals surface area contributed by atoms with Crippen LogP contribution in [0.1, 0.15) is 22.7 Å². The summed E-state index contributed by atoms with van der Waals surface area (Å²) in [6, 6.07) is 9.62. The Balaban J connectivity index is 2.47. The quantitative estimate of drug-likeness (QED) is 0.884. The Morgan fingerprint density at radius 1 is 1.05 bits per heavy atom. The van der Waals surface area contributed by atoms with Crippen LogP contribution in [0.5, 0.6) is 0 Å². The van der Waals surface area contributed by atoms with E-state index < -0.39 is 11.6 Å². The molecule has 0 fully saturated rings. The maximum Gasteiger partial charge on any atom is 0.128 e. The molecule has 2 aromatic carbocycles. The van der Waals surface area contributed by atoms with Gasteiger partial charge in [0.2, 0.25) is 0 Å². The van der Waals surface area contributed by atoms with Gasteiger partial charge in [0, 0.05) is 10.0 Å². The summed E-state index contributed by atoms with van der Waals surface area (Å²) in [4.78, 5) is 0. The highest BCUT2D eigenvalue weighted by Gasteiger charge is 2.18. The van der Waals surface area contributed by atoms with Crippen LogP contribution in [0.25, 0.3) is 0 Å². The third-order valence-electron chi connectivity index (χ3n) is 3.08. The molecule has 0 spiro atoms. The lowest BCUT2D eigenvalue weighted by Gasteiger charge is -2.18. The first-order valence-corrected chi connectivity index (χ1v) is 6.70. The molecule has 4 heteroatoms. The van der Waals surface area contributed by atoms with Crippen molar-refractivity contribution >= 4 is 15.9 Å². The summed E-state index contributed by atoms with van der Waals surface area (Å²) in [6.45, 7) is 1.55. The van der Waals surface area contributed by atoms with Crippen LogP contribution in [0.3, 0.4) is 0 Å². The van der Waals surface area contributed by atoms with Crippen LogP contribution in [0.2, 0.25) is 0 Å². The molecule has 0 aliphatic rings. The minimum atomic E-state index is -0.402. The molecule has 0 saturated carbocycles. The monoisotopic (exact) mass is 325 g/mol. The lowest BCUT2D eigenvalue weighted by atomic mass is 9.97. The summed E-state index contributed by atoms with van der Waals surface area (Å²) < 4.78 is 28.6. The van der Waals surface area contributed by atoms with Gasteiger partial charge in [0.15, 0.2) is 0 Å². The predicted molar refractivity (Wildman–Crippen MR) is 76.1 cm³/mol. The van der Waals surface area contributed by atoms with Gasteiger partial charge in [-0.1, -0.05) is 28.1 Å². The van der Waals surface area contributed by atoms with Crippen molar-refractivity contribution in [2.45, 2.75) is 13.0 Å². The van der Waals surface area contributed by atoms with Crippen molar-refractivity contribution in [3.8, 4) is 0 Å². The smallest absolute Gasteiger partial charge is 0.128 e. The maximum atomic E-state index is 14.0. The number of rotatable bonds is 3. The van der Waals surface area contributed by atoms with Gasteiger partial charge in [0.05, 0.1) is 6.04 Å². The molecule has 0 aromatic heterocycles. The van der Waals surface area contributed by atoms with Crippen LogP contribution < -0.4 is 5.32 Å². The topological polar surface area (TPSA) is 12.0 Å². The molecule has 19 heavy (non-hydrogen) atoms. The summed E-state index contributed by atoms with van der Waals surface area (Å²) >= 11 is 3.35. The summed E-state index contributed by atoms with van der Waals surface area (Å²) in [5, 5.41) is 3.02. The van der Waals surface area contributed by atoms with Crippen LogP contribution in [0.4, 0.5) is 8.78 Å². The molecule has 0 saturated heterocycles. The second-order valence-electron chi connectivity index (χ2n) is 4.40. The molecule has 0 aliphatic heterocycles. The van der Waals surface area contributed by atoms with Crippen LogP contribution >= 0.6 is 15.9 Å². The first-order valence-electron chi connectivity index (χ1n) is 5.91. The molecule has 0 heterocycles. The standard InChI is InChI=1S/C15H14BrF2N/c1-9-7-14(18)12(8-13(9)17)15(19-2)10-3-5-11(16)6-4-10/h3-8,15,19H,1-2H3. The molecule has 2 aromatic rings. The number of benzene rings is 2. The number of aryl methyl sites for hydroxylation is 1. The first-order chi connectivity index (χ1) is 9.02. The van der Waals surface area contributed by atoms with Gasteiger partial charge >= 0.3 is 0 Å². The molecule has 0 aliphatic carbocycles. The van der Waals surface area contributed by atoms with E-state index in [1.165, 1.54) is 12.1 Å². The molecule has 1 N–H and O–H groups in total. The molecule has 2 rings (SSSR count). The van der Waals surface area contributed by atoms with E-state index in [4.69, 9.17) is 0 Å². The van der Waals surface area contributed by atoms with Gasteiger partial charge in [-0.15, -0.1) is 0 Å². The summed E-state index contributed by atoms with van der Waals surface area (Å²) in [7, 11) is 1.73. The molecule has 0 bridgehead atoms. The predicted octanol–water partition coefficient (Wildman–Crippen LogP) is 4.34. The van der Waals surface area contributed by atoms with Gasteiger partial charge in [-0.25, -0.2) is 8.78 Å². The highest BCUT2D eigenvalue weighted by molar-refractivity contribution is 9.10. The summed E-state index contributed by atoms with van der Waals surface area (Å²) in [6.07, 6.45) is 0. The molecular formula is C15H14BrF2N. The summed E-state index contributed by atoms with van der Waals surface area (Å²) in [5.41, 5.74) is 1.51. The average molecular weight is 326 g/mol. The summed E-state index contributed by atoms with van der Waals surface area (Å²) in [5.74, 6) is -0.796. The van der Waals surface area contributed by atoms with E-state index in [1.807, 2.05) is 24.3 Å². The van der Waals surface area contributed by atoms with Crippen molar-refractivity contribution in [1.82, 2.24) is 5.32 Å². The average Bonchev–Trinajstić information content (AvgIpc) is 2.38. The lowest BCUT2D eigenvalue weighted by Crippen LogP contribution is -2.19. The van der Waals surface area contributed by atoms with E-state index in [0.29, 0.717) is 11.1 Å². The third-order valence-corrected chi connectivity index (χ3v) is 3.61. The Kier molecular flexibility index (Phi) is 4.32. The zero-order chi connectivity index (χ0) is 14.0. The largest absolute Gasteiger partial charge is 0.309 e. The molecular weight excluding hydrogens is 312 g/mol. The van der Waals surface area contributed by atoms with E-state index in [2.05, 4.69) is 21.2 Å². The van der Waals surface area contributed by atoms with Crippen molar-refractivity contribution in [2.75, 3.05) is 7.05 Å². The van der Waals surface area contributed by atoms with E-state index >= 15 is 0 Å². The van der Waals surface area contributed by atoms with Crippen molar-refractivity contribution in [2.24, 2.45) is 0 Å². The van der Waals surface area contributed by atoms with Gasteiger partial charge in [-0.05, 0) is 49.4 Å². The number of hydrogen-bond donors (Lipinski definition) is 1. The second-order valence-corrected chi connectivity index (χ2v) is 5.31. The van der Waals surface area contributed by atoms with Crippen LogP contribution in [0, 0.1) is 18.6 Å². The van der Waals surface area contributed by atoms with Gasteiger partial charge in [-0.2, -0.15) is 0 Å². The molecule has 100 valence electrons. The fourth-order valence-corrected chi connectivity index (χ4v) is 2.30. The Hall–Kier alpha value is -1.26. The van der Waals surface area contributed by atoms with Gasteiger partial charge in [-0.3, -0.25) is 0 Å². The maximum absolute atomic E-state index is 14.0. The van der Waals surface area contributed by atoms with Gasteiger partial charge in [0.1, 0.15) is 11.6 Å². The van der Waals surface area contributed by atoms with Gasteiger partial charge in [0.25, 0.3) is 0 Å². The van der Waals surface area contributed by atoms with Crippen LogP contribution in [0.15, 0.2) is 40.9 Å². The number of halogens is 3. The van der Waals surface area contributed by atoms with Crippen LogP contribution in [-0.4, -0.2) is 7.05 Å². The molecule has 1 nitrogen and oxygen atoms in total. The SMILES string of the molecule is CNC(c1ccc(Br)cc1)c1cc(F)c(C)cc1F. The van der Waals surface area contributed by atoms with Crippen molar-refractivity contribution < 1.29 is 8.78 Å². The molecule has 0 radical (unpaired) electrons. The van der Waals surface area contributed by atoms with E-state index in [0.717, 1.165) is 10.0 Å². The zero-order valence-corrected chi connectivity index (χ0v) is 12.3. The zero-order valence-electron chi connectivity index (χ0n) is 10.7. The Labute approximate surface area is 119 Å². The Morgan fingerprint density at radius 2 is 1.68 bits per heavy atom. The number of hydrogen-bond acceptors (Lipinski definition) is 1. The van der Waals surface area contributed by atoms with E-state index in [-0.39, 0.29) is 6.04 Å². The van der Waals surface area contributed by atoms with Crippen molar-refractivity contribution in [3.63, 3.8) is 0 Å². The minimum Gasteiger partial charge on any atom is -0.309 e. The van der Waals surface area contributed by atoms with Crippen molar-refractivity contribution in [1.29, 1.82) is 0 Å². The minimum absolute atomic E-state index is 0.312. The van der Waals surface area contributed by atoms with E-state index in [1.54, 1.807) is 14.0 Å². The Morgan fingerprint density at radius 3 is 2.26 bits per heavy atom. The highest BCUT2D eigenvalue weighted by atomic mass is 79.9. The fraction of sp³-hybridized carbons (Fsp3) is 0.200. The Bertz CT molecular complexity index is 581. The third kappa shape index (κ3) is 3.01. The van der Waals surface area contributed by atoms with Gasteiger partial charge < -0.3 is 5.32 Å².